The Morgan fingerprint density at radius 1 is 0.909 bits per heavy atom. The molecule has 0 aliphatic rings. The molecule has 0 spiro atoms. The molecule has 1 atom stereocenters. The highest BCUT2D eigenvalue weighted by molar-refractivity contribution is 9.09. The lowest BCUT2D eigenvalue weighted by Gasteiger charge is -2.13. The Morgan fingerprint density at radius 2 is 1.50 bits per heavy atom. The smallest absolute Gasteiger partial charge is 0.119 e. The van der Waals surface area contributed by atoms with Crippen molar-refractivity contribution in [2.45, 2.75) is 32.3 Å². The van der Waals surface area contributed by atoms with Crippen LogP contribution in [0.1, 0.15) is 42.1 Å². The first-order valence-electron chi connectivity index (χ1n) is 7.74. The van der Waals surface area contributed by atoms with Crippen molar-refractivity contribution < 1.29 is 9.84 Å². The van der Waals surface area contributed by atoms with Gasteiger partial charge in [-0.2, -0.15) is 0 Å². The van der Waals surface area contributed by atoms with Gasteiger partial charge in [-0.3, -0.25) is 0 Å². The van der Waals surface area contributed by atoms with E-state index >= 15 is 0 Å². The van der Waals surface area contributed by atoms with E-state index in [1.54, 1.807) is 0 Å². The van der Waals surface area contributed by atoms with Gasteiger partial charge in [0.1, 0.15) is 11.9 Å². The summed E-state index contributed by atoms with van der Waals surface area (Å²) in [5.41, 5.74) is 2.99. The van der Waals surface area contributed by atoms with Crippen LogP contribution in [0.3, 0.4) is 0 Å². The third-order valence-electron chi connectivity index (χ3n) is 3.64. The molecule has 2 rings (SSSR count). The molecule has 0 aromatic heterocycles. The highest BCUT2D eigenvalue weighted by Gasteiger charge is 2.10. The van der Waals surface area contributed by atoms with Crippen LogP contribution in [0.4, 0.5) is 0 Å². The van der Waals surface area contributed by atoms with Gasteiger partial charge in [0.15, 0.2) is 0 Å². The van der Waals surface area contributed by atoms with E-state index in [1.807, 2.05) is 55.5 Å². The first-order valence-corrected chi connectivity index (χ1v) is 8.86. The van der Waals surface area contributed by atoms with E-state index in [1.165, 1.54) is 18.4 Å². The molecule has 3 heteroatoms. The zero-order chi connectivity index (χ0) is 15.8. The zero-order valence-electron chi connectivity index (χ0n) is 13.0. The quantitative estimate of drug-likeness (QED) is 0.527. The van der Waals surface area contributed by atoms with Gasteiger partial charge >= 0.3 is 0 Å². The van der Waals surface area contributed by atoms with Crippen LogP contribution in [-0.4, -0.2) is 17.0 Å². The minimum atomic E-state index is -0.589. The van der Waals surface area contributed by atoms with Gasteiger partial charge in [0.2, 0.25) is 0 Å². The van der Waals surface area contributed by atoms with E-state index < -0.39 is 6.10 Å². The van der Waals surface area contributed by atoms with Gasteiger partial charge in [0, 0.05) is 5.33 Å². The summed E-state index contributed by atoms with van der Waals surface area (Å²) in [6.07, 6.45) is 2.84. The van der Waals surface area contributed by atoms with Gasteiger partial charge in [-0.1, -0.05) is 57.9 Å². The molecule has 0 saturated carbocycles. The van der Waals surface area contributed by atoms with Crippen molar-refractivity contribution >= 4 is 15.9 Å². The number of rotatable bonds is 8. The second-order valence-electron chi connectivity index (χ2n) is 5.48. The fourth-order valence-electron chi connectivity index (χ4n) is 2.25. The van der Waals surface area contributed by atoms with E-state index in [4.69, 9.17) is 4.74 Å². The lowest BCUT2D eigenvalue weighted by molar-refractivity contribution is 0.220. The van der Waals surface area contributed by atoms with Crippen molar-refractivity contribution in [3.05, 3.63) is 65.2 Å². The molecule has 0 heterocycles. The van der Waals surface area contributed by atoms with Crippen LogP contribution < -0.4 is 4.74 Å². The molecule has 118 valence electrons. The van der Waals surface area contributed by atoms with Gasteiger partial charge in [-0.05, 0) is 49.4 Å². The molecule has 0 aliphatic heterocycles. The van der Waals surface area contributed by atoms with Crippen molar-refractivity contribution in [2.75, 3.05) is 11.9 Å². The second kappa shape index (κ2) is 8.96. The molecule has 1 N–H and O–H groups in total. The Hall–Kier alpha value is -1.32. The van der Waals surface area contributed by atoms with E-state index in [-0.39, 0.29) is 0 Å². The second-order valence-corrected chi connectivity index (χ2v) is 6.27. The maximum absolute atomic E-state index is 10.4. The molecular formula is C19H23BrO2. The Labute approximate surface area is 141 Å². The summed E-state index contributed by atoms with van der Waals surface area (Å²) < 4.78 is 5.71. The standard InChI is InChI=1S/C19H23BrO2/c1-15-5-7-16(8-6-15)19(21)17-9-11-18(12-10-17)22-14-4-2-3-13-20/h5-12,19,21H,2-4,13-14H2,1H3. The number of benzene rings is 2. The maximum Gasteiger partial charge on any atom is 0.119 e. The number of aliphatic hydroxyl groups is 1. The fourth-order valence-corrected chi connectivity index (χ4v) is 2.65. The summed E-state index contributed by atoms with van der Waals surface area (Å²) in [5.74, 6) is 0.860. The largest absolute Gasteiger partial charge is 0.494 e. The Morgan fingerprint density at radius 3 is 2.09 bits per heavy atom. The molecule has 0 aliphatic carbocycles. The van der Waals surface area contributed by atoms with Crippen molar-refractivity contribution in [3.63, 3.8) is 0 Å². The van der Waals surface area contributed by atoms with Crippen LogP contribution in [0.25, 0.3) is 0 Å². The number of hydrogen-bond donors (Lipinski definition) is 1. The van der Waals surface area contributed by atoms with Gasteiger partial charge in [0.25, 0.3) is 0 Å². The normalized spacial score (nSPS) is 12.1. The molecule has 2 aromatic rings. The van der Waals surface area contributed by atoms with Crippen LogP contribution in [0.2, 0.25) is 0 Å². The van der Waals surface area contributed by atoms with E-state index in [0.29, 0.717) is 0 Å². The number of unbranched alkanes of at least 4 members (excludes halogenated alkanes) is 2. The zero-order valence-corrected chi connectivity index (χ0v) is 14.6. The third-order valence-corrected chi connectivity index (χ3v) is 4.20. The Kier molecular flexibility index (Phi) is 6.94. The van der Waals surface area contributed by atoms with Crippen molar-refractivity contribution in [3.8, 4) is 5.75 Å². The van der Waals surface area contributed by atoms with Gasteiger partial charge in [-0.25, -0.2) is 0 Å². The summed E-state index contributed by atoms with van der Waals surface area (Å²) in [7, 11) is 0. The number of aliphatic hydroxyl groups excluding tert-OH is 1. The van der Waals surface area contributed by atoms with E-state index in [2.05, 4.69) is 15.9 Å². The monoisotopic (exact) mass is 362 g/mol. The number of ether oxygens (including phenoxy) is 1. The SMILES string of the molecule is Cc1ccc(C(O)c2ccc(OCCCCCBr)cc2)cc1. The van der Waals surface area contributed by atoms with Gasteiger partial charge in [0.05, 0.1) is 6.61 Å². The average Bonchev–Trinajstić information content (AvgIpc) is 2.55. The third kappa shape index (κ3) is 5.15. The van der Waals surface area contributed by atoms with Crippen molar-refractivity contribution in [2.24, 2.45) is 0 Å². The summed E-state index contributed by atoms with van der Waals surface area (Å²) in [6.45, 7) is 2.78. The lowest BCUT2D eigenvalue weighted by atomic mass is 10.0. The first-order chi connectivity index (χ1) is 10.7. The predicted octanol–water partition coefficient (Wildman–Crippen LogP) is 5.02. The first kappa shape index (κ1) is 17.0. The molecular weight excluding hydrogens is 340 g/mol. The molecule has 22 heavy (non-hydrogen) atoms. The van der Waals surface area contributed by atoms with E-state index in [0.717, 1.165) is 35.2 Å². The number of aryl methyl sites for hydroxylation is 1. The topological polar surface area (TPSA) is 29.5 Å². The fraction of sp³-hybridized carbons (Fsp3) is 0.368. The van der Waals surface area contributed by atoms with Crippen LogP contribution in [-0.2, 0) is 0 Å². The van der Waals surface area contributed by atoms with Crippen molar-refractivity contribution in [1.82, 2.24) is 0 Å². The van der Waals surface area contributed by atoms with Crippen LogP contribution in [0.5, 0.6) is 5.75 Å². The highest BCUT2D eigenvalue weighted by atomic mass is 79.9. The molecule has 0 bridgehead atoms. The minimum absolute atomic E-state index is 0.589. The number of halogens is 1. The molecule has 2 aromatic carbocycles. The van der Waals surface area contributed by atoms with Crippen LogP contribution in [0, 0.1) is 6.92 Å². The maximum atomic E-state index is 10.4. The molecule has 1 unspecified atom stereocenters. The van der Waals surface area contributed by atoms with Gasteiger partial charge in [-0.15, -0.1) is 0 Å². The van der Waals surface area contributed by atoms with E-state index in [9.17, 15) is 5.11 Å². The highest BCUT2D eigenvalue weighted by Crippen LogP contribution is 2.24. The summed E-state index contributed by atoms with van der Waals surface area (Å²) in [4.78, 5) is 0. The number of hydrogen-bond acceptors (Lipinski definition) is 2. The van der Waals surface area contributed by atoms with Crippen molar-refractivity contribution in [1.29, 1.82) is 0 Å². The Balaban J connectivity index is 1.89. The average molecular weight is 363 g/mol. The number of alkyl halides is 1. The van der Waals surface area contributed by atoms with Crippen LogP contribution >= 0.6 is 15.9 Å². The molecule has 2 nitrogen and oxygen atoms in total. The molecule has 0 amide bonds. The minimum Gasteiger partial charge on any atom is -0.494 e. The summed E-state index contributed by atoms with van der Waals surface area (Å²) >= 11 is 3.43. The predicted molar refractivity (Wildman–Crippen MR) is 94.8 cm³/mol. The summed E-state index contributed by atoms with van der Waals surface area (Å²) in [5, 5.41) is 11.5. The van der Waals surface area contributed by atoms with Gasteiger partial charge < -0.3 is 9.84 Å². The molecule has 0 fully saturated rings. The Bertz CT molecular complexity index is 549. The summed E-state index contributed by atoms with van der Waals surface area (Å²) in [6, 6.07) is 15.7. The molecule has 0 radical (unpaired) electrons. The lowest BCUT2D eigenvalue weighted by Crippen LogP contribution is -2.01. The molecule has 0 saturated heterocycles. The van der Waals surface area contributed by atoms with Crippen LogP contribution in [0.15, 0.2) is 48.5 Å².